The predicted octanol–water partition coefficient (Wildman–Crippen LogP) is -2.56. The number of ether oxygens (including phenoxy) is 1. The van der Waals surface area contributed by atoms with Gasteiger partial charge in [-0.05, 0) is 6.07 Å². The van der Waals surface area contributed by atoms with E-state index in [0.717, 1.165) is 4.57 Å². The van der Waals surface area contributed by atoms with Crippen LogP contribution in [0.15, 0.2) is 17.1 Å². The maximum atomic E-state index is 11.6. The van der Waals surface area contributed by atoms with Crippen molar-refractivity contribution in [1.29, 1.82) is 0 Å². The second kappa shape index (κ2) is 4.41. The van der Waals surface area contributed by atoms with Crippen LogP contribution in [0.25, 0.3) is 0 Å². The van der Waals surface area contributed by atoms with Crippen molar-refractivity contribution >= 4 is 5.82 Å². The van der Waals surface area contributed by atoms with E-state index in [4.69, 9.17) is 13.2 Å². The highest BCUT2D eigenvalue weighted by Gasteiger charge is 2.43. The lowest BCUT2D eigenvalue weighted by molar-refractivity contribution is -0.0549. The molecule has 1 fully saturated rings. The third kappa shape index (κ3) is 2.03. The fraction of sp³-hybridized carbons (Fsp3) is 0.556. The van der Waals surface area contributed by atoms with E-state index in [0.29, 0.717) is 0 Å². The first-order valence-corrected chi connectivity index (χ1v) is 4.80. The van der Waals surface area contributed by atoms with E-state index in [2.05, 4.69) is 4.98 Å². The summed E-state index contributed by atoms with van der Waals surface area (Å²) in [6.45, 7) is -2.86. The normalized spacial score (nSPS) is 35.5. The number of hydrogen-bond acceptors (Lipinski definition) is 7. The number of anilines is 1. The monoisotopic (exact) mass is 245 g/mol. The molecule has 4 atom stereocenters. The summed E-state index contributed by atoms with van der Waals surface area (Å²) in [5.74, 6) is -0.0247. The summed E-state index contributed by atoms with van der Waals surface area (Å²) in [4.78, 5) is 15.0. The molecular weight excluding hydrogens is 230 g/mol. The summed E-state index contributed by atoms with van der Waals surface area (Å²) < 4.78 is 20.1. The number of aliphatic hydroxyl groups excluding tert-OH is 2. The topological polar surface area (TPSA) is 131 Å². The first-order chi connectivity index (χ1) is 8.71. The molecule has 0 radical (unpaired) electrons. The van der Waals surface area contributed by atoms with Crippen LogP contribution in [0.1, 0.15) is 8.97 Å². The minimum Gasteiger partial charge on any atom is -0.394 e. The number of nitrogen functional groups attached to an aromatic ring is 1. The molecule has 94 valence electrons. The van der Waals surface area contributed by atoms with Crippen molar-refractivity contribution in [1.82, 2.24) is 9.55 Å². The Labute approximate surface area is 98.7 Å². The SMILES string of the molecule is [2H]C([2H])(O)[C@H]1O[C@@H](n2ccc(N)nc2=O)[C@H](O)[C@@H]1O. The van der Waals surface area contributed by atoms with Crippen molar-refractivity contribution in [3.63, 3.8) is 0 Å². The molecule has 8 nitrogen and oxygen atoms in total. The van der Waals surface area contributed by atoms with Gasteiger partial charge in [0.15, 0.2) is 6.23 Å². The Hall–Kier alpha value is -1.48. The van der Waals surface area contributed by atoms with Crippen LogP contribution < -0.4 is 11.4 Å². The van der Waals surface area contributed by atoms with Gasteiger partial charge in [0.25, 0.3) is 0 Å². The Balaban J connectivity index is 2.34. The summed E-state index contributed by atoms with van der Waals surface area (Å²) in [5.41, 5.74) is 4.48. The van der Waals surface area contributed by atoms with Gasteiger partial charge in [0, 0.05) is 6.20 Å². The number of hydrogen-bond donors (Lipinski definition) is 4. The molecule has 1 aliphatic rings. The maximum Gasteiger partial charge on any atom is 0.351 e. The van der Waals surface area contributed by atoms with Crippen LogP contribution in [0.4, 0.5) is 5.82 Å². The first-order valence-electron chi connectivity index (χ1n) is 5.80. The van der Waals surface area contributed by atoms with Crippen molar-refractivity contribution in [2.24, 2.45) is 0 Å². The summed E-state index contributed by atoms with van der Waals surface area (Å²) in [6, 6.07) is 1.28. The summed E-state index contributed by atoms with van der Waals surface area (Å²) in [5, 5.41) is 28.6. The first kappa shape index (κ1) is 9.54. The van der Waals surface area contributed by atoms with Crippen molar-refractivity contribution in [3.8, 4) is 0 Å². The van der Waals surface area contributed by atoms with Crippen LogP contribution in [0.3, 0.4) is 0 Å². The Morgan fingerprint density at radius 1 is 1.59 bits per heavy atom. The molecule has 0 saturated carbocycles. The average Bonchev–Trinajstić information content (AvgIpc) is 2.56. The Kier molecular flexibility index (Phi) is 2.48. The van der Waals surface area contributed by atoms with Crippen molar-refractivity contribution in [2.45, 2.75) is 24.5 Å². The van der Waals surface area contributed by atoms with Crippen molar-refractivity contribution in [2.75, 3.05) is 12.3 Å². The zero-order valence-corrected chi connectivity index (χ0v) is 8.59. The highest BCUT2D eigenvalue weighted by atomic mass is 16.6. The molecule has 1 saturated heterocycles. The van der Waals surface area contributed by atoms with Crippen LogP contribution in [-0.2, 0) is 4.74 Å². The van der Waals surface area contributed by atoms with E-state index in [-0.39, 0.29) is 5.82 Å². The number of nitrogens with two attached hydrogens (primary N) is 1. The van der Waals surface area contributed by atoms with Crippen LogP contribution >= 0.6 is 0 Å². The standard InChI is InChI=1S/C9H13N3O5/c10-5-1-2-12(9(16)11-5)8-7(15)6(14)4(3-13)17-8/h1-2,4,6-8,13-15H,3H2,(H2,10,11,16)/t4-,6-,7-,8-/m1/s1/i3D2. The molecule has 17 heavy (non-hydrogen) atoms. The molecule has 5 N–H and O–H groups in total. The molecule has 2 heterocycles. The van der Waals surface area contributed by atoms with Crippen LogP contribution in [0, 0.1) is 0 Å². The van der Waals surface area contributed by atoms with Crippen molar-refractivity contribution < 1.29 is 22.8 Å². The number of nitrogens with zero attached hydrogens (tertiary/aromatic N) is 2. The quantitative estimate of drug-likeness (QED) is 0.450. The van der Waals surface area contributed by atoms with Gasteiger partial charge in [0.2, 0.25) is 0 Å². The zero-order chi connectivity index (χ0) is 14.4. The van der Waals surface area contributed by atoms with Gasteiger partial charge in [-0.1, -0.05) is 0 Å². The largest absolute Gasteiger partial charge is 0.394 e. The molecule has 0 spiro atoms. The molecule has 1 aromatic heterocycles. The van der Waals surface area contributed by atoms with Crippen LogP contribution in [-0.4, -0.2) is 49.7 Å². The summed E-state index contributed by atoms with van der Waals surface area (Å²) >= 11 is 0. The number of aromatic nitrogens is 2. The molecule has 0 unspecified atom stereocenters. The average molecular weight is 245 g/mol. The van der Waals surface area contributed by atoms with E-state index in [1.54, 1.807) is 0 Å². The third-order valence-corrected chi connectivity index (χ3v) is 2.49. The van der Waals surface area contributed by atoms with E-state index in [9.17, 15) is 20.1 Å². The van der Waals surface area contributed by atoms with Crippen LogP contribution in [0.2, 0.25) is 0 Å². The molecule has 0 aliphatic carbocycles. The van der Waals surface area contributed by atoms with E-state index in [1.807, 2.05) is 0 Å². The Bertz CT molecular complexity index is 531. The van der Waals surface area contributed by atoms with Gasteiger partial charge >= 0.3 is 5.69 Å². The summed E-state index contributed by atoms with van der Waals surface area (Å²) in [7, 11) is 0. The lowest BCUT2D eigenvalue weighted by atomic mass is 10.1. The Morgan fingerprint density at radius 3 is 2.82 bits per heavy atom. The van der Waals surface area contributed by atoms with Gasteiger partial charge in [-0.2, -0.15) is 4.98 Å². The van der Waals surface area contributed by atoms with Crippen molar-refractivity contribution in [3.05, 3.63) is 22.7 Å². The minimum absolute atomic E-state index is 0.0247. The molecule has 2 rings (SSSR count). The maximum absolute atomic E-state index is 11.6. The second-order valence-corrected chi connectivity index (χ2v) is 3.60. The fourth-order valence-corrected chi connectivity index (χ4v) is 1.62. The minimum atomic E-state index is -2.86. The molecule has 1 aliphatic heterocycles. The predicted molar refractivity (Wildman–Crippen MR) is 55.9 cm³/mol. The fourth-order valence-electron chi connectivity index (χ4n) is 1.62. The molecule has 8 heteroatoms. The van der Waals surface area contributed by atoms with Crippen LogP contribution in [0.5, 0.6) is 0 Å². The van der Waals surface area contributed by atoms with Gasteiger partial charge in [0.1, 0.15) is 24.1 Å². The molecule has 0 amide bonds. The van der Waals surface area contributed by atoms with Gasteiger partial charge in [-0.15, -0.1) is 0 Å². The highest BCUT2D eigenvalue weighted by Crippen LogP contribution is 2.27. The van der Waals surface area contributed by atoms with Gasteiger partial charge in [0.05, 0.1) is 9.30 Å². The van der Waals surface area contributed by atoms with E-state index < -0.39 is 36.8 Å². The van der Waals surface area contributed by atoms with E-state index >= 15 is 0 Å². The van der Waals surface area contributed by atoms with Gasteiger partial charge in [-0.3, -0.25) is 4.57 Å². The number of rotatable bonds is 2. The summed E-state index contributed by atoms with van der Waals surface area (Å²) in [6.07, 6.45) is -5.12. The second-order valence-electron chi connectivity index (χ2n) is 3.60. The Morgan fingerprint density at radius 2 is 2.29 bits per heavy atom. The lowest BCUT2D eigenvalue weighted by Gasteiger charge is -2.16. The zero-order valence-electron chi connectivity index (χ0n) is 10.6. The van der Waals surface area contributed by atoms with Gasteiger partial charge in [-0.25, -0.2) is 4.79 Å². The molecule has 0 bridgehead atoms. The third-order valence-electron chi connectivity index (χ3n) is 2.49. The molecule has 0 aromatic carbocycles. The molecule has 1 aromatic rings. The van der Waals surface area contributed by atoms with Gasteiger partial charge < -0.3 is 25.8 Å². The smallest absolute Gasteiger partial charge is 0.351 e. The van der Waals surface area contributed by atoms with E-state index in [1.165, 1.54) is 12.3 Å². The number of aliphatic hydroxyl groups is 3. The molecular formula is C9H13N3O5. The lowest BCUT2D eigenvalue weighted by Crippen LogP contribution is -2.36. The highest BCUT2D eigenvalue weighted by molar-refractivity contribution is 5.23.